The predicted molar refractivity (Wildman–Crippen MR) is 247 cm³/mol. The molecular formula is C49H86NO8P. The molecule has 0 amide bonds. The number of allylic oxidation sites excluding steroid dienone is 12. The molecule has 0 bridgehead atoms. The van der Waals surface area contributed by atoms with Gasteiger partial charge in [0.15, 0.2) is 6.10 Å². The van der Waals surface area contributed by atoms with E-state index in [1.165, 1.54) is 77.0 Å². The van der Waals surface area contributed by atoms with Gasteiger partial charge in [-0.2, -0.15) is 0 Å². The summed E-state index contributed by atoms with van der Waals surface area (Å²) in [6.07, 6.45) is 55.1. The standard InChI is InChI=1S/C49H86NO8P/c1-3-5-7-9-11-13-15-16-17-18-19-20-21-22-23-24-25-26-27-28-29-30-32-34-36-38-40-42-49(52)58-47(46-57-59(53,54)56-44-43-50)45-55-48(51)41-39-37-35-33-31-14-12-10-8-6-4-2/h5,7,11,13,16-17,19-20,22-23,25-26,47H,3-4,6,8-10,12,14-15,18,21,24,27-46,50H2,1-2H3,(H,53,54)/b7-5-,13-11-,17-16-,20-19-,23-22-,26-25-. The van der Waals surface area contributed by atoms with Crippen molar-refractivity contribution in [2.75, 3.05) is 26.4 Å². The highest BCUT2D eigenvalue weighted by Gasteiger charge is 2.26. The van der Waals surface area contributed by atoms with Gasteiger partial charge in [-0.15, -0.1) is 0 Å². The highest BCUT2D eigenvalue weighted by molar-refractivity contribution is 7.47. The molecule has 0 aromatic carbocycles. The number of rotatable bonds is 43. The lowest BCUT2D eigenvalue weighted by molar-refractivity contribution is -0.161. The Balaban J connectivity index is 4.07. The maximum absolute atomic E-state index is 12.6. The number of phosphoric acid groups is 1. The maximum atomic E-state index is 12.6. The number of nitrogens with two attached hydrogens (primary N) is 1. The lowest BCUT2D eigenvalue weighted by atomic mass is 10.1. The molecule has 0 aliphatic heterocycles. The van der Waals surface area contributed by atoms with E-state index in [0.717, 1.165) is 83.5 Å². The highest BCUT2D eigenvalue weighted by atomic mass is 31.2. The van der Waals surface area contributed by atoms with E-state index in [1.807, 2.05) is 0 Å². The van der Waals surface area contributed by atoms with Gasteiger partial charge in [-0.05, 0) is 64.2 Å². The molecule has 2 atom stereocenters. The normalized spacial score (nSPS) is 13.9. The van der Waals surface area contributed by atoms with E-state index in [2.05, 4.69) is 86.8 Å². The second-order valence-corrected chi connectivity index (χ2v) is 16.7. The Morgan fingerprint density at radius 2 is 0.932 bits per heavy atom. The number of unbranched alkanes of at least 4 members (excludes halogenated alkanes) is 18. The van der Waals surface area contributed by atoms with E-state index in [-0.39, 0.29) is 38.6 Å². The monoisotopic (exact) mass is 848 g/mol. The highest BCUT2D eigenvalue weighted by Crippen LogP contribution is 2.43. The van der Waals surface area contributed by atoms with Gasteiger partial charge in [-0.1, -0.05) is 189 Å². The zero-order chi connectivity index (χ0) is 43.2. The van der Waals surface area contributed by atoms with Gasteiger partial charge in [0.2, 0.25) is 0 Å². The van der Waals surface area contributed by atoms with Crippen LogP contribution in [0.5, 0.6) is 0 Å². The molecule has 0 aromatic rings. The summed E-state index contributed by atoms with van der Waals surface area (Å²) in [5.41, 5.74) is 5.35. The Bertz CT molecular complexity index is 1190. The van der Waals surface area contributed by atoms with E-state index >= 15 is 0 Å². The van der Waals surface area contributed by atoms with Crippen molar-refractivity contribution in [2.24, 2.45) is 5.73 Å². The number of hydrogen-bond acceptors (Lipinski definition) is 8. The van der Waals surface area contributed by atoms with Crippen molar-refractivity contribution in [2.45, 2.75) is 200 Å². The van der Waals surface area contributed by atoms with Crippen LogP contribution in [0, 0.1) is 0 Å². The van der Waals surface area contributed by atoms with Crippen LogP contribution >= 0.6 is 7.82 Å². The molecule has 0 spiro atoms. The van der Waals surface area contributed by atoms with Crippen LogP contribution in [0.3, 0.4) is 0 Å². The number of phosphoric ester groups is 1. The van der Waals surface area contributed by atoms with Gasteiger partial charge >= 0.3 is 19.8 Å². The van der Waals surface area contributed by atoms with E-state index in [9.17, 15) is 19.0 Å². The number of hydrogen-bond donors (Lipinski definition) is 2. The van der Waals surface area contributed by atoms with Crippen LogP contribution in [0.2, 0.25) is 0 Å². The van der Waals surface area contributed by atoms with Crippen molar-refractivity contribution in [1.82, 2.24) is 0 Å². The van der Waals surface area contributed by atoms with Crippen LogP contribution in [-0.2, 0) is 32.7 Å². The van der Waals surface area contributed by atoms with E-state index < -0.39 is 26.5 Å². The summed E-state index contributed by atoms with van der Waals surface area (Å²) in [7, 11) is -4.38. The van der Waals surface area contributed by atoms with Crippen LogP contribution < -0.4 is 5.73 Å². The van der Waals surface area contributed by atoms with Crippen molar-refractivity contribution in [1.29, 1.82) is 0 Å². The molecule has 9 nitrogen and oxygen atoms in total. The SMILES string of the molecule is CC/C=C\C/C=C\C/C=C\C/C=C\C/C=C\C/C=C\CCCCCCCCCCC(=O)OC(COC(=O)CCCCCCCCCCCCC)COP(=O)(O)OCCN. The van der Waals surface area contributed by atoms with Crippen LogP contribution in [0.4, 0.5) is 0 Å². The lowest BCUT2D eigenvalue weighted by Gasteiger charge is -2.19. The molecule has 0 fully saturated rings. The zero-order valence-electron chi connectivity index (χ0n) is 37.5. The summed E-state index contributed by atoms with van der Waals surface area (Å²) in [5, 5.41) is 0. The van der Waals surface area contributed by atoms with Crippen molar-refractivity contribution in [3.05, 3.63) is 72.9 Å². The van der Waals surface area contributed by atoms with Gasteiger partial charge in [0.1, 0.15) is 6.61 Å². The molecule has 0 heterocycles. The Labute approximate surface area is 361 Å². The Hall–Kier alpha value is -2.55. The minimum atomic E-state index is -4.38. The first-order valence-corrected chi connectivity index (χ1v) is 24.9. The number of carbonyl (C=O) groups excluding carboxylic acids is 2. The number of carbonyl (C=O) groups is 2. The largest absolute Gasteiger partial charge is 0.472 e. The van der Waals surface area contributed by atoms with Gasteiger partial charge in [0, 0.05) is 19.4 Å². The van der Waals surface area contributed by atoms with E-state index in [1.54, 1.807) is 0 Å². The molecule has 0 aromatic heterocycles. The van der Waals surface area contributed by atoms with Crippen molar-refractivity contribution in [3.63, 3.8) is 0 Å². The topological polar surface area (TPSA) is 134 Å². The van der Waals surface area contributed by atoms with Crippen molar-refractivity contribution < 1.29 is 37.6 Å². The maximum Gasteiger partial charge on any atom is 0.472 e. The fourth-order valence-electron chi connectivity index (χ4n) is 6.17. The van der Waals surface area contributed by atoms with Crippen molar-refractivity contribution in [3.8, 4) is 0 Å². The quantitative estimate of drug-likeness (QED) is 0.0266. The Kier molecular flexibility index (Phi) is 43.0. The molecule has 340 valence electrons. The number of esters is 2. The van der Waals surface area contributed by atoms with Gasteiger partial charge in [-0.3, -0.25) is 18.6 Å². The summed E-state index contributed by atoms with van der Waals surface area (Å²) < 4.78 is 32.8. The molecule has 3 N–H and O–H groups in total. The second-order valence-electron chi connectivity index (χ2n) is 15.2. The average molecular weight is 848 g/mol. The molecular weight excluding hydrogens is 762 g/mol. The smallest absolute Gasteiger partial charge is 0.462 e. The first kappa shape index (κ1) is 56.5. The zero-order valence-corrected chi connectivity index (χ0v) is 38.4. The third-order valence-electron chi connectivity index (χ3n) is 9.61. The Morgan fingerprint density at radius 3 is 1.39 bits per heavy atom. The van der Waals surface area contributed by atoms with E-state index in [0.29, 0.717) is 6.42 Å². The third-order valence-corrected chi connectivity index (χ3v) is 10.6. The Morgan fingerprint density at radius 1 is 0.525 bits per heavy atom. The van der Waals surface area contributed by atoms with Crippen LogP contribution in [0.15, 0.2) is 72.9 Å². The fraction of sp³-hybridized carbons (Fsp3) is 0.714. The molecule has 0 aliphatic rings. The molecule has 10 heteroatoms. The third kappa shape index (κ3) is 44.8. The fourth-order valence-corrected chi connectivity index (χ4v) is 6.93. The van der Waals surface area contributed by atoms with Crippen LogP contribution in [0.1, 0.15) is 194 Å². The van der Waals surface area contributed by atoms with Gasteiger partial charge in [0.05, 0.1) is 13.2 Å². The number of ether oxygens (including phenoxy) is 2. The predicted octanol–water partition coefficient (Wildman–Crippen LogP) is 13.8. The summed E-state index contributed by atoms with van der Waals surface area (Å²) >= 11 is 0. The first-order chi connectivity index (χ1) is 28.8. The first-order valence-electron chi connectivity index (χ1n) is 23.4. The van der Waals surface area contributed by atoms with Crippen LogP contribution in [-0.4, -0.2) is 49.3 Å². The van der Waals surface area contributed by atoms with E-state index in [4.69, 9.17) is 24.3 Å². The molecule has 0 radical (unpaired) electrons. The molecule has 0 aliphatic carbocycles. The second kappa shape index (κ2) is 45.0. The van der Waals surface area contributed by atoms with Crippen molar-refractivity contribution >= 4 is 19.8 Å². The summed E-state index contributed by atoms with van der Waals surface area (Å²) in [4.78, 5) is 34.9. The summed E-state index contributed by atoms with van der Waals surface area (Å²) in [5.74, 6) is -0.840. The molecule has 0 rings (SSSR count). The minimum Gasteiger partial charge on any atom is -0.462 e. The van der Waals surface area contributed by atoms with Crippen LogP contribution in [0.25, 0.3) is 0 Å². The van der Waals surface area contributed by atoms with Gasteiger partial charge in [0.25, 0.3) is 0 Å². The minimum absolute atomic E-state index is 0.0497. The summed E-state index contributed by atoms with van der Waals surface area (Å²) in [6, 6.07) is 0. The molecule has 59 heavy (non-hydrogen) atoms. The lowest BCUT2D eigenvalue weighted by Crippen LogP contribution is -2.29. The van der Waals surface area contributed by atoms with Gasteiger partial charge in [-0.25, -0.2) is 4.57 Å². The molecule has 2 unspecified atom stereocenters. The van der Waals surface area contributed by atoms with Gasteiger partial charge < -0.3 is 20.1 Å². The molecule has 0 saturated heterocycles. The molecule has 0 saturated carbocycles. The summed E-state index contributed by atoms with van der Waals surface area (Å²) in [6.45, 7) is 3.60. The average Bonchev–Trinajstić information content (AvgIpc) is 3.22.